The van der Waals surface area contributed by atoms with Gasteiger partial charge in [-0.3, -0.25) is 0 Å². The first kappa shape index (κ1) is 20.5. The molecule has 4 nitrogen and oxygen atoms in total. The van der Waals surface area contributed by atoms with Crippen molar-refractivity contribution in [2.75, 3.05) is 18.9 Å². The fraction of sp³-hybridized carbons (Fsp3) is 0.389. The van der Waals surface area contributed by atoms with Gasteiger partial charge < -0.3 is 15.2 Å². The third-order valence-electron chi connectivity index (χ3n) is 3.83. The summed E-state index contributed by atoms with van der Waals surface area (Å²) in [5.41, 5.74) is 6.83. The first-order valence-corrected chi connectivity index (χ1v) is 9.44. The second-order valence-electron chi connectivity index (χ2n) is 5.62. The van der Waals surface area contributed by atoms with E-state index in [0.29, 0.717) is 4.88 Å². The Hall–Kier alpha value is -1.50. The zero-order valence-electron chi connectivity index (χ0n) is 14.9. The predicted octanol–water partition coefficient (Wildman–Crippen LogP) is 4.92. The van der Waals surface area contributed by atoms with Gasteiger partial charge in [-0.2, -0.15) is 0 Å². The average molecular weight is 367 g/mol. The number of thiophene rings is 1. The van der Waals surface area contributed by atoms with Gasteiger partial charge in [0.15, 0.2) is 0 Å². The highest BCUT2D eigenvalue weighted by Crippen LogP contribution is 2.31. The number of anilines is 1. The lowest BCUT2D eigenvalue weighted by atomic mass is 9.82. The van der Waals surface area contributed by atoms with E-state index < -0.39 is 0 Å². The van der Waals surface area contributed by atoms with Crippen LogP contribution in [-0.4, -0.2) is 20.1 Å². The van der Waals surface area contributed by atoms with E-state index in [1.807, 2.05) is 11.4 Å². The minimum atomic E-state index is -0.307. The molecule has 6 heteroatoms. The Balaban J connectivity index is 0.00000139. The maximum absolute atomic E-state index is 11.6. The molecule has 1 aromatic carbocycles. The minimum Gasteiger partial charge on any atom is -0.465 e. The van der Waals surface area contributed by atoms with Crippen LogP contribution in [0.15, 0.2) is 40.6 Å². The topological polar surface area (TPSA) is 64.3 Å². The molecule has 1 aromatic heterocycles. The summed E-state index contributed by atoms with van der Waals surface area (Å²) in [6.45, 7) is 6.71. The number of benzene rings is 1. The minimum absolute atomic E-state index is 0.196. The van der Waals surface area contributed by atoms with Crippen molar-refractivity contribution in [2.45, 2.75) is 37.5 Å². The van der Waals surface area contributed by atoms with E-state index in [4.69, 9.17) is 4.74 Å². The Morgan fingerprint density at radius 2 is 1.88 bits per heavy atom. The molecule has 0 radical (unpaired) electrons. The molecular formula is C18H26N2O2S2. The van der Waals surface area contributed by atoms with Crippen LogP contribution in [0.1, 0.15) is 42.4 Å². The Morgan fingerprint density at radius 1 is 1.25 bits per heavy atom. The molecule has 0 bridgehead atoms. The fourth-order valence-corrected chi connectivity index (χ4v) is 3.43. The van der Waals surface area contributed by atoms with Gasteiger partial charge in [0.2, 0.25) is 0 Å². The molecule has 0 atom stereocenters. The monoisotopic (exact) mass is 366 g/mol. The quantitative estimate of drug-likeness (QED) is 0.561. The summed E-state index contributed by atoms with van der Waals surface area (Å²) in [6, 6.07) is 10.4. The predicted molar refractivity (Wildman–Crippen MR) is 105 cm³/mol. The highest BCUT2D eigenvalue weighted by molar-refractivity contribution is 8.00. The number of nitrogens with two attached hydrogens (primary N) is 1. The molecule has 2 rings (SSSR count). The van der Waals surface area contributed by atoms with Crippen molar-refractivity contribution in [3.63, 3.8) is 0 Å². The molecule has 0 aliphatic heterocycles. The van der Waals surface area contributed by atoms with E-state index in [2.05, 4.69) is 55.5 Å². The molecule has 0 saturated carbocycles. The van der Waals surface area contributed by atoms with Crippen LogP contribution in [0.2, 0.25) is 0 Å². The van der Waals surface area contributed by atoms with E-state index in [0.717, 1.165) is 17.0 Å². The summed E-state index contributed by atoms with van der Waals surface area (Å²) < 4.78 is 8.00. The Bertz CT molecular complexity index is 637. The van der Waals surface area contributed by atoms with Gasteiger partial charge in [0.1, 0.15) is 4.88 Å². The molecule has 0 fully saturated rings. The van der Waals surface area contributed by atoms with Gasteiger partial charge in [-0.05, 0) is 60.0 Å². The summed E-state index contributed by atoms with van der Waals surface area (Å²) in [5, 5.41) is 1.88. The molecule has 0 aliphatic rings. The Labute approximate surface area is 152 Å². The summed E-state index contributed by atoms with van der Waals surface area (Å²) >= 11 is 2.87. The van der Waals surface area contributed by atoms with Crippen LogP contribution in [-0.2, 0) is 10.2 Å². The molecule has 2 aromatic rings. The van der Waals surface area contributed by atoms with Gasteiger partial charge in [-0.1, -0.05) is 32.9 Å². The van der Waals surface area contributed by atoms with E-state index >= 15 is 0 Å². The van der Waals surface area contributed by atoms with Gasteiger partial charge in [0, 0.05) is 4.90 Å². The third kappa shape index (κ3) is 5.26. The number of carbonyl (C=O) groups is 1. The maximum Gasteiger partial charge on any atom is 0.350 e. The number of ether oxygens (including phenoxy) is 1. The van der Waals surface area contributed by atoms with Crippen molar-refractivity contribution in [3.05, 3.63) is 46.2 Å². The summed E-state index contributed by atoms with van der Waals surface area (Å²) in [6.07, 6.45) is 1.11. The Kier molecular flexibility index (Phi) is 8.31. The van der Waals surface area contributed by atoms with E-state index in [1.54, 1.807) is 0 Å². The molecule has 1 heterocycles. The van der Waals surface area contributed by atoms with Crippen molar-refractivity contribution < 1.29 is 9.53 Å². The van der Waals surface area contributed by atoms with Crippen LogP contribution in [0.25, 0.3) is 0 Å². The lowest BCUT2D eigenvalue weighted by Crippen LogP contribution is -2.14. The summed E-state index contributed by atoms with van der Waals surface area (Å²) in [4.78, 5) is 13.3. The lowest BCUT2D eigenvalue weighted by Gasteiger charge is -2.23. The van der Waals surface area contributed by atoms with Gasteiger partial charge in [0.25, 0.3) is 0 Å². The van der Waals surface area contributed by atoms with Crippen LogP contribution >= 0.6 is 23.3 Å². The summed E-state index contributed by atoms with van der Waals surface area (Å²) in [5.74, 6) is -0.307. The third-order valence-corrected chi connectivity index (χ3v) is 5.56. The zero-order chi connectivity index (χ0) is 18.2. The molecular weight excluding hydrogens is 340 g/mol. The van der Waals surface area contributed by atoms with Crippen molar-refractivity contribution in [1.29, 1.82) is 0 Å². The van der Waals surface area contributed by atoms with Crippen molar-refractivity contribution in [2.24, 2.45) is 5.73 Å². The van der Waals surface area contributed by atoms with Crippen molar-refractivity contribution in [3.8, 4) is 0 Å². The summed E-state index contributed by atoms with van der Waals surface area (Å²) in [7, 11) is 2.90. The van der Waals surface area contributed by atoms with Crippen molar-refractivity contribution >= 4 is 34.9 Å². The largest absolute Gasteiger partial charge is 0.465 e. The number of carbonyl (C=O) groups excluding carboxylic acids is 1. The van der Waals surface area contributed by atoms with Gasteiger partial charge in [-0.25, -0.2) is 4.79 Å². The van der Waals surface area contributed by atoms with Crippen LogP contribution in [0.5, 0.6) is 0 Å². The number of nitrogens with one attached hydrogen (secondary N) is 1. The van der Waals surface area contributed by atoms with Crippen LogP contribution in [0, 0.1) is 0 Å². The second-order valence-corrected chi connectivity index (χ2v) is 7.42. The Morgan fingerprint density at radius 3 is 2.42 bits per heavy atom. The zero-order valence-corrected chi connectivity index (χ0v) is 16.5. The van der Waals surface area contributed by atoms with Gasteiger partial charge in [0.05, 0.1) is 12.8 Å². The lowest BCUT2D eigenvalue weighted by molar-refractivity contribution is 0.0607. The highest BCUT2D eigenvalue weighted by Gasteiger charge is 2.17. The van der Waals surface area contributed by atoms with E-state index in [1.165, 1.54) is 43.0 Å². The molecule has 0 saturated heterocycles. The van der Waals surface area contributed by atoms with Crippen LogP contribution in [0.3, 0.4) is 0 Å². The SMILES string of the molecule is CCC(C)(C)c1ccc(SNc2ccsc2C(=O)OC)cc1.CN. The number of rotatable bonds is 6. The number of hydrogen-bond acceptors (Lipinski definition) is 6. The first-order valence-electron chi connectivity index (χ1n) is 7.75. The smallest absolute Gasteiger partial charge is 0.350 e. The number of hydrogen-bond donors (Lipinski definition) is 2. The normalized spacial score (nSPS) is 10.6. The van der Waals surface area contributed by atoms with Gasteiger partial charge >= 0.3 is 5.97 Å². The molecule has 24 heavy (non-hydrogen) atoms. The number of esters is 1. The molecule has 0 aliphatic carbocycles. The van der Waals surface area contributed by atoms with Crippen LogP contribution < -0.4 is 10.5 Å². The first-order chi connectivity index (χ1) is 11.5. The number of methoxy groups -OCH3 is 1. The molecule has 3 N–H and O–H groups in total. The molecule has 132 valence electrons. The van der Waals surface area contributed by atoms with Crippen LogP contribution in [0.4, 0.5) is 5.69 Å². The van der Waals surface area contributed by atoms with Crippen molar-refractivity contribution in [1.82, 2.24) is 0 Å². The molecule has 0 unspecified atom stereocenters. The van der Waals surface area contributed by atoms with Gasteiger partial charge in [-0.15, -0.1) is 11.3 Å². The fourth-order valence-electron chi connectivity index (χ4n) is 1.93. The molecule has 0 spiro atoms. The van der Waals surface area contributed by atoms with E-state index in [9.17, 15) is 4.79 Å². The van der Waals surface area contributed by atoms with E-state index in [-0.39, 0.29) is 11.4 Å². The average Bonchev–Trinajstić information content (AvgIpc) is 3.10. The standard InChI is InChI=1S/C17H21NO2S2.CH5N/c1-5-17(2,3)12-6-8-13(9-7-12)22-18-14-10-11-21-15(14)16(19)20-4;1-2/h6-11,18H,5H2,1-4H3;2H2,1H3. The highest BCUT2D eigenvalue weighted by atomic mass is 32.2. The molecule has 0 amide bonds. The maximum atomic E-state index is 11.6. The second kappa shape index (κ2) is 9.71.